The third-order valence-corrected chi connectivity index (χ3v) is 6.23. The van der Waals surface area contributed by atoms with Gasteiger partial charge < -0.3 is 15.2 Å². The lowest BCUT2D eigenvalue weighted by atomic mass is 9.84. The van der Waals surface area contributed by atoms with Crippen LogP contribution in [0, 0.1) is 0 Å². The van der Waals surface area contributed by atoms with Gasteiger partial charge >= 0.3 is 12.1 Å². The number of nitrogens with two attached hydrogens (primary N) is 1. The SMILES string of the molecule is C[C@@H]1c2nc(Cc3cc4c(C(C)(C)N)cnc(OCC(F)(F)F)c4cn3)ccc2C(=O)OC1(C)C. The summed E-state index contributed by atoms with van der Waals surface area (Å²) in [6.45, 7) is 7.76. The van der Waals surface area contributed by atoms with E-state index in [1.54, 1.807) is 32.0 Å². The molecular weight excluding hydrogens is 461 g/mol. The maximum atomic E-state index is 12.7. The molecule has 0 spiro atoms. The molecule has 0 amide bonds. The number of ether oxygens (including phenoxy) is 2. The second kappa shape index (κ2) is 8.44. The smallest absolute Gasteiger partial charge is 0.422 e. The van der Waals surface area contributed by atoms with Crippen LogP contribution < -0.4 is 10.5 Å². The Kier molecular flexibility index (Phi) is 5.99. The molecule has 1 aliphatic rings. The Labute approximate surface area is 200 Å². The molecule has 0 saturated heterocycles. The minimum atomic E-state index is -4.50. The van der Waals surface area contributed by atoms with E-state index in [-0.39, 0.29) is 11.8 Å². The molecule has 186 valence electrons. The van der Waals surface area contributed by atoms with Crippen molar-refractivity contribution < 1.29 is 27.4 Å². The van der Waals surface area contributed by atoms with Gasteiger partial charge in [0.2, 0.25) is 5.88 Å². The first kappa shape index (κ1) is 24.8. The van der Waals surface area contributed by atoms with E-state index < -0.39 is 29.9 Å². The zero-order valence-electron chi connectivity index (χ0n) is 20.2. The highest BCUT2D eigenvalue weighted by molar-refractivity contribution is 5.92. The molecule has 0 aliphatic carbocycles. The third kappa shape index (κ3) is 5.07. The first-order valence-electron chi connectivity index (χ1n) is 11.2. The van der Waals surface area contributed by atoms with Crippen LogP contribution in [0.3, 0.4) is 0 Å². The number of pyridine rings is 3. The Morgan fingerprint density at radius 1 is 1.11 bits per heavy atom. The third-order valence-electron chi connectivity index (χ3n) is 6.23. The lowest BCUT2D eigenvalue weighted by Crippen LogP contribution is -2.39. The van der Waals surface area contributed by atoms with Crippen molar-refractivity contribution in [3.05, 3.63) is 58.8 Å². The molecule has 3 aromatic rings. The Morgan fingerprint density at radius 3 is 2.49 bits per heavy atom. The van der Waals surface area contributed by atoms with Crippen LogP contribution in [0.25, 0.3) is 10.8 Å². The van der Waals surface area contributed by atoms with Crippen LogP contribution in [0.4, 0.5) is 13.2 Å². The van der Waals surface area contributed by atoms with Crippen molar-refractivity contribution in [2.45, 2.75) is 64.3 Å². The topological polar surface area (TPSA) is 100 Å². The monoisotopic (exact) mass is 488 g/mol. The summed E-state index contributed by atoms with van der Waals surface area (Å²) < 4.78 is 48.6. The molecule has 35 heavy (non-hydrogen) atoms. The summed E-state index contributed by atoms with van der Waals surface area (Å²) in [5.74, 6) is -0.672. The second-order valence-electron chi connectivity index (χ2n) is 9.95. The van der Waals surface area contributed by atoms with Crippen molar-refractivity contribution in [1.29, 1.82) is 0 Å². The van der Waals surface area contributed by atoms with Gasteiger partial charge in [-0.25, -0.2) is 9.78 Å². The summed E-state index contributed by atoms with van der Waals surface area (Å²) in [6, 6.07) is 5.22. The normalized spacial score (nSPS) is 17.7. The van der Waals surface area contributed by atoms with Crippen LogP contribution in [0.15, 0.2) is 30.6 Å². The molecule has 0 fully saturated rings. The van der Waals surface area contributed by atoms with Crippen molar-refractivity contribution in [2.24, 2.45) is 5.73 Å². The van der Waals surface area contributed by atoms with Crippen LogP contribution >= 0.6 is 0 Å². The van der Waals surface area contributed by atoms with Crippen molar-refractivity contribution in [1.82, 2.24) is 15.0 Å². The van der Waals surface area contributed by atoms with Crippen molar-refractivity contribution in [3.8, 4) is 5.88 Å². The van der Waals surface area contributed by atoms with E-state index in [0.29, 0.717) is 45.4 Å². The predicted molar refractivity (Wildman–Crippen MR) is 123 cm³/mol. The fourth-order valence-electron chi connectivity index (χ4n) is 4.04. The van der Waals surface area contributed by atoms with Crippen LogP contribution in [0.1, 0.15) is 73.5 Å². The Morgan fingerprint density at radius 2 is 1.83 bits per heavy atom. The second-order valence-corrected chi connectivity index (χ2v) is 9.95. The molecule has 0 radical (unpaired) electrons. The predicted octanol–water partition coefficient (Wildman–Crippen LogP) is 4.80. The van der Waals surface area contributed by atoms with E-state index in [0.717, 1.165) is 0 Å². The Balaban J connectivity index is 1.73. The molecular formula is C25H27F3N4O3. The summed E-state index contributed by atoms with van der Waals surface area (Å²) in [6.07, 6.45) is -1.27. The molecule has 1 atom stereocenters. The number of fused-ring (bicyclic) bond motifs is 2. The number of aromatic nitrogens is 3. The zero-order chi connectivity index (χ0) is 25.8. The number of alkyl halides is 3. The van der Waals surface area contributed by atoms with Crippen molar-refractivity contribution in [2.75, 3.05) is 6.61 Å². The van der Waals surface area contributed by atoms with Gasteiger partial charge in [0.1, 0.15) is 5.60 Å². The maximum Gasteiger partial charge on any atom is 0.422 e. The van der Waals surface area contributed by atoms with Gasteiger partial charge in [0, 0.05) is 41.7 Å². The highest BCUT2D eigenvalue weighted by Gasteiger charge is 2.40. The average Bonchev–Trinajstić information content (AvgIpc) is 2.74. The molecule has 3 aromatic heterocycles. The van der Waals surface area contributed by atoms with E-state index >= 15 is 0 Å². The van der Waals surface area contributed by atoms with Crippen molar-refractivity contribution >= 4 is 16.7 Å². The van der Waals surface area contributed by atoms with E-state index in [4.69, 9.17) is 20.2 Å². The van der Waals surface area contributed by atoms with Gasteiger partial charge in [0.15, 0.2) is 6.61 Å². The van der Waals surface area contributed by atoms with Crippen LogP contribution in [-0.4, -0.2) is 39.3 Å². The molecule has 0 saturated carbocycles. The maximum absolute atomic E-state index is 12.7. The first-order chi connectivity index (χ1) is 16.2. The molecule has 4 heterocycles. The number of hydrogen-bond acceptors (Lipinski definition) is 7. The number of carbonyl (C=O) groups excluding carboxylic acids is 1. The van der Waals surface area contributed by atoms with Crippen LogP contribution in [-0.2, 0) is 16.7 Å². The molecule has 0 unspecified atom stereocenters. The Bertz CT molecular complexity index is 1300. The molecule has 2 N–H and O–H groups in total. The summed E-state index contributed by atoms with van der Waals surface area (Å²) in [5, 5.41) is 0.941. The quantitative estimate of drug-likeness (QED) is 0.515. The van der Waals surface area contributed by atoms with Gasteiger partial charge in [-0.3, -0.25) is 9.97 Å². The van der Waals surface area contributed by atoms with Gasteiger partial charge in [-0.05, 0) is 56.8 Å². The van der Waals surface area contributed by atoms with Gasteiger partial charge in [0.05, 0.1) is 16.6 Å². The minimum Gasteiger partial charge on any atom is -0.468 e. The lowest BCUT2D eigenvalue weighted by Gasteiger charge is -2.36. The molecule has 7 nitrogen and oxygen atoms in total. The van der Waals surface area contributed by atoms with Gasteiger partial charge in [-0.15, -0.1) is 0 Å². The van der Waals surface area contributed by atoms with Gasteiger partial charge in [-0.2, -0.15) is 13.2 Å². The Hall–Kier alpha value is -3.27. The average molecular weight is 489 g/mol. The molecule has 1 aliphatic heterocycles. The molecule has 0 bridgehead atoms. The number of rotatable bonds is 5. The molecule has 4 rings (SSSR count). The number of hydrogen-bond donors (Lipinski definition) is 1. The summed E-state index contributed by atoms with van der Waals surface area (Å²) in [4.78, 5) is 25.6. The van der Waals surface area contributed by atoms with E-state index in [1.807, 2.05) is 20.8 Å². The van der Waals surface area contributed by atoms with Gasteiger partial charge in [0.25, 0.3) is 0 Å². The van der Waals surface area contributed by atoms with Crippen LogP contribution in [0.2, 0.25) is 0 Å². The largest absolute Gasteiger partial charge is 0.468 e. The fraction of sp³-hybridized carbons (Fsp3) is 0.440. The van der Waals surface area contributed by atoms with Crippen LogP contribution in [0.5, 0.6) is 5.88 Å². The first-order valence-corrected chi connectivity index (χ1v) is 11.2. The molecule has 10 heteroatoms. The number of halogens is 3. The highest BCUT2D eigenvalue weighted by atomic mass is 19.4. The fourth-order valence-corrected chi connectivity index (χ4v) is 4.04. The number of carbonyl (C=O) groups is 1. The zero-order valence-corrected chi connectivity index (χ0v) is 20.2. The standard InChI is InChI=1S/C25H27F3N4O3/c1-13-20-16(22(33)35-24(13,4)5)7-6-14(32-20)8-15-9-17-18(10-30-15)21(34-12-25(26,27)28)31-11-19(17)23(2,3)29/h6-7,9-11,13H,8,12,29H2,1-5H3/t13-/m1/s1. The lowest BCUT2D eigenvalue weighted by molar-refractivity contribution is -0.153. The number of cyclic esters (lactones) is 1. The summed E-state index contributed by atoms with van der Waals surface area (Å²) >= 11 is 0. The number of nitrogens with zero attached hydrogens (tertiary/aromatic N) is 3. The summed E-state index contributed by atoms with van der Waals surface area (Å²) in [5.41, 5.74) is 7.91. The van der Waals surface area contributed by atoms with Crippen molar-refractivity contribution in [3.63, 3.8) is 0 Å². The summed E-state index contributed by atoms with van der Waals surface area (Å²) in [7, 11) is 0. The van der Waals surface area contributed by atoms with E-state index in [2.05, 4.69) is 9.97 Å². The van der Waals surface area contributed by atoms with E-state index in [1.165, 1.54) is 12.4 Å². The molecule has 0 aromatic carbocycles. The minimum absolute atomic E-state index is 0.108. The number of esters is 1. The van der Waals surface area contributed by atoms with Gasteiger partial charge in [-0.1, -0.05) is 6.92 Å². The van der Waals surface area contributed by atoms with E-state index in [9.17, 15) is 18.0 Å². The highest BCUT2D eigenvalue weighted by Crippen LogP contribution is 2.37.